The maximum Gasteiger partial charge on any atom is 0.261 e. The SMILES string of the molecule is Cc1ccc(S(=O)(=O)Nc2cccc(Br)c2C)cc1CN. The Hall–Kier alpha value is -1.37. The van der Waals surface area contributed by atoms with E-state index in [0.717, 1.165) is 21.2 Å². The van der Waals surface area contributed by atoms with E-state index in [9.17, 15) is 8.42 Å². The Balaban J connectivity index is 2.41. The minimum atomic E-state index is -3.63. The third-order valence-electron chi connectivity index (χ3n) is 3.36. The Kier molecular flexibility index (Phi) is 4.70. The molecular formula is C15H17BrN2O2S. The Morgan fingerprint density at radius 3 is 2.57 bits per heavy atom. The molecule has 4 nitrogen and oxygen atoms in total. The molecule has 0 aliphatic carbocycles. The molecule has 0 heterocycles. The summed E-state index contributed by atoms with van der Waals surface area (Å²) in [4.78, 5) is 0.216. The van der Waals surface area contributed by atoms with Crippen LogP contribution in [0.5, 0.6) is 0 Å². The largest absolute Gasteiger partial charge is 0.326 e. The van der Waals surface area contributed by atoms with Crippen LogP contribution in [0.2, 0.25) is 0 Å². The topological polar surface area (TPSA) is 72.2 Å². The van der Waals surface area contributed by atoms with Gasteiger partial charge in [0.25, 0.3) is 10.0 Å². The van der Waals surface area contributed by atoms with Gasteiger partial charge in [0, 0.05) is 11.0 Å². The summed E-state index contributed by atoms with van der Waals surface area (Å²) in [6.07, 6.45) is 0. The number of aryl methyl sites for hydroxylation is 1. The lowest BCUT2D eigenvalue weighted by Crippen LogP contribution is -2.14. The Labute approximate surface area is 133 Å². The van der Waals surface area contributed by atoms with Crippen LogP contribution in [0.1, 0.15) is 16.7 Å². The molecular weight excluding hydrogens is 352 g/mol. The Morgan fingerprint density at radius 1 is 1.19 bits per heavy atom. The summed E-state index contributed by atoms with van der Waals surface area (Å²) in [7, 11) is -3.63. The lowest BCUT2D eigenvalue weighted by atomic mass is 10.1. The average molecular weight is 369 g/mol. The minimum Gasteiger partial charge on any atom is -0.326 e. The predicted molar refractivity (Wildman–Crippen MR) is 88.8 cm³/mol. The number of benzene rings is 2. The number of nitrogens with one attached hydrogen (secondary N) is 1. The molecule has 0 aliphatic heterocycles. The molecule has 6 heteroatoms. The Bertz CT molecular complexity index is 773. The normalized spacial score (nSPS) is 11.4. The second-order valence-electron chi connectivity index (χ2n) is 4.81. The van der Waals surface area contributed by atoms with Crippen molar-refractivity contribution < 1.29 is 8.42 Å². The molecule has 3 N–H and O–H groups in total. The van der Waals surface area contributed by atoms with E-state index in [1.807, 2.05) is 19.9 Å². The summed E-state index contributed by atoms with van der Waals surface area (Å²) < 4.78 is 28.4. The molecule has 0 bridgehead atoms. The quantitative estimate of drug-likeness (QED) is 0.869. The smallest absolute Gasteiger partial charge is 0.261 e. The van der Waals surface area contributed by atoms with Crippen LogP contribution in [0.25, 0.3) is 0 Å². The summed E-state index contributed by atoms with van der Waals surface area (Å²) in [5, 5.41) is 0. The van der Waals surface area contributed by atoms with E-state index in [2.05, 4.69) is 20.7 Å². The van der Waals surface area contributed by atoms with Gasteiger partial charge in [-0.25, -0.2) is 8.42 Å². The number of sulfonamides is 1. The molecule has 112 valence electrons. The van der Waals surface area contributed by atoms with Gasteiger partial charge in [-0.15, -0.1) is 0 Å². The van der Waals surface area contributed by atoms with Crippen molar-refractivity contribution in [2.45, 2.75) is 25.3 Å². The standard InChI is InChI=1S/C15H17BrN2O2S/c1-10-6-7-13(8-12(10)9-17)21(19,20)18-15-5-3-4-14(16)11(15)2/h3-8,18H,9,17H2,1-2H3. The number of anilines is 1. The first-order valence-corrected chi connectivity index (χ1v) is 8.70. The summed E-state index contributed by atoms with van der Waals surface area (Å²) in [5.41, 5.74) is 8.84. The van der Waals surface area contributed by atoms with Crippen molar-refractivity contribution in [3.63, 3.8) is 0 Å². The highest BCUT2D eigenvalue weighted by Gasteiger charge is 2.16. The van der Waals surface area contributed by atoms with Crippen molar-refractivity contribution in [1.29, 1.82) is 0 Å². The monoisotopic (exact) mass is 368 g/mol. The van der Waals surface area contributed by atoms with Gasteiger partial charge in [0.1, 0.15) is 0 Å². The number of hydrogen-bond acceptors (Lipinski definition) is 3. The molecule has 2 aromatic carbocycles. The zero-order valence-corrected chi connectivity index (χ0v) is 14.3. The number of halogens is 1. The molecule has 2 rings (SSSR count). The van der Waals surface area contributed by atoms with Gasteiger partial charge in [-0.3, -0.25) is 4.72 Å². The highest BCUT2D eigenvalue weighted by molar-refractivity contribution is 9.10. The lowest BCUT2D eigenvalue weighted by molar-refractivity contribution is 0.601. The van der Waals surface area contributed by atoms with Crippen LogP contribution in [0.15, 0.2) is 45.8 Å². The van der Waals surface area contributed by atoms with Crippen molar-refractivity contribution in [3.8, 4) is 0 Å². The summed E-state index contributed by atoms with van der Waals surface area (Å²) in [6.45, 7) is 4.07. The van der Waals surface area contributed by atoms with E-state index < -0.39 is 10.0 Å². The molecule has 0 spiro atoms. The van der Waals surface area contributed by atoms with Crippen LogP contribution in [-0.2, 0) is 16.6 Å². The fourth-order valence-electron chi connectivity index (χ4n) is 1.96. The van der Waals surface area contributed by atoms with E-state index in [0.29, 0.717) is 12.2 Å². The van der Waals surface area contributed by atoms with Gasteiger partial charge in [-0.2, -0.15) is 0 Å². The van der Waals surface area contributed by atoms with Gasteiger partial charge in [-0.05, 0) is 54.8 Å². The molecule has 0 unspecified atom stereocenters. The molecule has 0 radical (unpaired) electrons. The third-order valence-corrected chi connectivity index (χ3v) is 5.59. The van der Waals surface area contributed by atoms with Crippen molar-refractivity contribution in [2.24, 2.45) is 5.73 Å². The zero-order chi connectivity index (χ0) is 15.6. The first kappa shape index (κ1) is 16.0. The number of rotatable bonds is 4. The van der Waals surface area contributed by atoms with Crippen molar-refractivity contribution >= 4 is 31.6 Å². The van der Waals surface area contributed by atoms with Gasteiger partial charge >= 0.3 is 0 Å². The molecule has 0 fully saturated rings. The van der Waals surface area contributed by atoms with Crippen molar-refractivity contribution in [1.82, 2.24) is 0 Å². The van der Waals surface area contributed by atoms with E-state index in [-0.39, 0.29) is 4.90 Å². The summed E-state index contributed by atoms with van der Waals surface area (Å²) in [5.74, 6) is 0. The second-order valence-corrected chi connectivity index (χ2v) is 7.35. The fraction of sp³-hybridized carbons (Fsp3) is 0.200. The van der Waals surface area contributed by atoms with Gasteiger partial charge in [0.15, 0.2) is 0 Å². The Morgan fingerprint density at radius 2 is 1.90 bits per heavy atom. The average Bonchev–Trinajstić information content (AvgIpc) is 2.44. The number of nitrogens with two attached hydrogens (primary N) is 1. The lowest BCUT2D eigenvalue weighted by Gasteiger charge is -2.13. The van der Waals surface area contributed by atoms with Crippen LogP contribution in [-0.4, -0.2) is 8.42 Å². The number of hydrogen-bond donors (Lipinski definition) is 2. The van der Waals surface area contributed by atoms with Gasteiger partial charge in [0.05, 0.1) is 10.6 Å². The molecule has 0 atom stereocenters. The molecule has 2 aromatic rings. The molecule has 0 saturated heterocycles. The van der Waals surface area contributed by atoms with Crippen molar-refractivity contribution in [3.05, 3.63) is 57.6 Å². The molecule has 0 aromatic heterocycles. The molecule has 21 heavy (non-hydrogen) atoms. The molecule has 0 amide bonds. The summed E-state index contributed by atoms with van der Waals surface area (Å²) in [6, 6.07) is 10.4. The maximum atomic E-state index is 12.5. The minimum absolute atomic E-state index is 0.216. The third kappa shape index (κ3) is 3.45. The van der Waals surface area contributed by atoms with Crippen LogP contribution in [0, 0.1) is 13.8 Å². The first-order valence-electron chi connectivity index (χ1n) is 6.42. The van der Waals surface area contributed by atoms with Gasteiger partial charge in [-0.1, -0.05) is 28.1 Å². The highest BCUT2D eigenvalue weighted by Crippen LogP contribution is 2.26. The fourth-order valence-corrected chi connectivity index (χ4v) is 3.50. The van der Waals surface area contributed by atoms with Crippen LogP contribution < -0.4 is 10.5 Å². The van der Waals surface area contributed by atoms with Crippen molar-refractivity contribution in [2.75, 3.05) is 4.72 Å². The zero-order valence-electron chi connectivity index (χ0n) is 11.9. The van der Waals surface area contributed by atoms with E-state index >= 15 is 0 Å². The molecule has 0 aliphatic rings. The van der Waals surface area contributed by atoms with Gasteiger partial charge in [0.2, 0.25) is 0 Å². The van der Waals surface area contributed by atoms with Crippen LogP contribution in [0.4, 0.5) is 5.69 Å². The van der Waals surface area contributed by atoms with E-state index in [4.69, 9.17) is 5.73 Å². The summed E-state index contributed by atoms with van der Waals surface area (Å²) >= 11 is 3.39. The van der Waals surface area contributed by atoms with E-state index in [1.54, 1.807) is 30.3 Å². The van der Waals surface area contributed by atoms with Gasteiger partial charge < -0.3 is 5.73 Å². The van der Waals surface area contributed by atoms with Crippen LogP contribution in [0.3, 0.4) is 0 Å². The maximum absolute atomic E-state index is 12.5. The second kappa shape index (κ2) is 6.17. The highest BCUT2D eigenvalue weighted by atomic mass is 79.9. The first-order chi connectivity index (χ1) is 9.85. The molecule has 0 saturated carbocycles. The predicted octanol–water partition coefficient (Wildman–Crippen LogP) is 3.33. The van der Waals surface area contributed by atoms with Crippen LogP contribution >= 0.6 is 15.9 Å². The van der Waals surface area contributed by atoms with E-state index in [1.165, 1.54) is 0 Å².